The first-order chi connectivity index (χ1) is 10.0. The average molecular weight is 330 g/mol. The summed E-state index contributed by atoms with van der Waals surface area (Å²) in [6.07, 6.45) is 0. The van der Waals surface area contributed by atoms with Gasteiger partial charge in [0.05, 0.1) is 0 Å². The Labute approximate surface area is 133 Å². The molecule has 0 unspecified atom stereocenters. The molecule has 5 nitrogen and oxygen atoms in total. The van der Waals surface area contributed by atoms with Crippen LogP contribution in [-0.2, 0) is 0 Å². The van der Waals surface area contributed by atoms with Crippen LogP contribution in [0.2, 0.25) is 10.0 Å². The molecule has 0 bridgehead atoms. The molecule has 0 aliphatic carbocycles. The fourth-order valence-electron chi connectivity index (χ4n) is 2.24. The minimum atomic E-state index is -0.116. The van der Waals surface area contributed by atoms with Crippen molar-refractivity contribution in [3.8, 4) is 0 Å². The molecule has 1 fully saturated rings. The van der Waals surface area contributed by atoms with Crippen LogP contribution in [0.15, 0.2) is 18.2 Å². The number of nitrogens with one attached hydrogen (secondary N) is 1. The van der Waals surface area contributed by atoms with E-state index in [0.717, 1.165) is 0 Å². The number of halogens is 2. The van der Waals surface area contributed by atoms with Crippen LogP contribution in [0.4, 0.5) is 4.79 Å². The first-order valence-corrected chi connectivity index (χ1v) is 7.55. The lowest BCUT2D eigenvalue weighted by atomic mass is 10.2. The first-order valence-electron chi connectivity index (χ1n) is 6.79. The van der Waals surface area contributed by atoms with E-state index in [1.54, 1.807) is 28.0 Å². The number of benzene rings is 1. The normalized spacial score (nSPS) is 15.0. The van der Waals surface area contributed by atoms with Gasteiger partial charge in [-0.3, -0.25) is 4.79 Å². The molecule has 21 heavy (non-hydrogen) atoms. The fourth-order valence-corrected chi connectivity index (χ4v) is 2.76. The molecule has 0 aromatic heterocycles. The van der Waals surface area contributed by atoms with Gasteiger partial charge in [-0.2, -0.15) is 0 Å². The summed E-state index contributed by atoms with van der Waals surface area (Å²) >= 11 is 11.8. The molecular weight excluding hydrogens is 313 g/mol. The van der Waals surface area contributed by atoms with E-state index in [-0.39, 0.29) is 11.9 Å². The Balaban J connectivity index is 1.98. The third-order valence-corrected chi connectivity index (χ3v) is 3.73. The maximum atomic E-state index is 12.4. The number of hydrogen-bond acceptors (Lipinski definition) is 2. The van der Waals surface area contributed by atoms with Crippen molar-refractivity contribution >= 4 is 35.1 Å². The molecule has 0 radical (unpaired) electrons. The number of carbonyl (C=O) groups is 2. The predicted molar refractivity (Wildman–Crippen MR) is 83.0 cm³/mol. The van der Waals surface area contributed by atoms with Crippen molar-refractivity contribution in [2.24, 2.45) is 0 Å². The third-order valence-electron chi connectivity index (χ3n) is 3.29. The van der Waals surface area contributed by atoms with Crippen LogP contribution in [0.1, 0.15) is 17.3 Å². The minimum Gasteiger partial charge on any atom is -0.338 e. The van der Waals surface area contributed by atoms with Gasteiger partial charge in [0, 0.05) is 48.3 Å². The highest BCUT2D eigenvalue weighted by Gasteiger charge is 2.24. The molecule has 2 rings (SSSR count). The maximum Gasteiger partial charge on any atom is 0.317 e. The Kier molecular flexibility index (Phi) is 5.31. The molecule has 7 heteroatoms. The minimum absolute atomic E-state index is 0.0876. The number of urea groups is 1. The summed E-state index contributed by atoms with van der Waals surface area (Å²) in [6.45, 7) is 4.51. The van der Waals surface area contributed by atoms with Crippen molar-refractivity contribution in [2.75, 3.05) is 32.7 Å². The number of piperazine rings is 1. The van der Waals surface area contributed by atoms with Gasteiger partial charge in [0.15, 0.2) is 0 Å². The van der Waals surface area contributed by atoms with Crippen molar-refractivity contribution in [3.63, 3.8) is 0 Å². The summed E-state index contributed by atoms with van der Waals surface area (Å²) in [4.78, 5) is 27.5. The second-order valence-electron chi connectivity index (χ2n) is 4.77. The van der Waals surface area contributed by atoms with Crippen molar-refractivity contribution in [1.82, 2.24) is 15.1 Å². The molecule has 114 valence electrons. The molecule has 3 amide bonds. The summed E-state index contributed by atoms with van der Waals surface area (Å²) in [5, 5.41) is 3.63. The summed E-state index contributed by atoms with van der Waals surface area (Å²) < 4.78 is 0. The molecule has 1 saturated heterocycles. The monoisotopic (exact) mass is 329 g/mol. The quantitative estimate of drug-likeness (QED) is 0.906. The van der Waals surface area contributed by atoms with Gasteiger partial charge >= 0.3 is 6.03 Å². The number of nitrogens with zero attached hydrogens (tertiary/aromatic N) is 2. The SMILES string of the molecule is CCNC(=O)N1CCN(C(=O)c2cc(Cl)cc(Cl)c2)CC1. The highest BCUT2D eigenvalue weighted by Crippen LogP contribution is 2.20. The summed E-state index contributed by atoms with van der Waals surface area (Å²) in [5.74, 6) is -0.116. The molecule has 0 atom stereocenters. The average Bonchev–Trinajstić information content (AvgIpc) is 2.46. The van der Waals surface area contributed by atoms with Gasteiger partial charge in [-0.05, 0) is 25.1 Å². The van der Waals surface area contributed by atoms with Crippen LogP contribution in [0.5, 0.6) is 0 Å². The van der Waals surface area contributed by atoms with E-state index in [2.05, 4.69) is 5.32 Å². The molecule has 0 saturated carbocycles. The largest absolute Gasteiger partial charge is 0.338 e. The third kappa shape index (κ3) is 4.02. The number of rotatable bonds is 2. The Morgan fingerprint density at radius 3 is 2.10 bits per heavy atom. The smallest absolute Gasteiger partial charge is 0.317 e. The Hall–Kier alpha value is -1.46. The topological polar surface area (TPSA) is 52.7 Å². The number of hydrogen-bond donors (Lipinski definition) is 1. The van der Waals surface area contributed by atoms with E-state index >= 15 is 0 Å². The summed E-state index contributed by atoms with van der Waals surface area (Å²) in [5.41, 5.74) is 0.471. The van der Waals surface area contributed by atoms with Crippen LogP contribution in [0.25, 0.3) is 0 Å². The maximum absolute atomic E-state index is 12.4. The standard InChI is InChI=1S/C14H17Cl2N3O2/c1-2-17-14(21)19-5-3-18(4-6-19)13(20)10-7-11(15)9-12(16)8-10/h7-9H,2-6H2,1H3,(H,17,21). The second-order valence-corrected chi connectivity index (χ2v) is 5.65. The lowest BCUT2D eigenvalue weighted by molar-refractivity contribution is 0.0665. The Morgan fingerprint density at radius 1 is 1.05 bits per heavy atom. The summed E-state index contributed by atoms with van der Waals surface area (Å²) in [7, 11) is 0. The van der Waals surface area contributed by atoms with E-state index in [1.807, 2.05) is 6.92 Å². The highest BCUT2D eigenvalue weighted by atomic mass is 35.5. The second kappa shape index (κ2) is 7.00. The fraction of sp³-hybridized carbons (Fsp3) is 0.429. The van der Waals surface area contributed by atoms with Gasteiger partial charge in [0.1, 0.15) is 0 Å². The molecule has 0 spiro atoms. The van der Waals surface area contributed by atoms with Crippen molar-refractivity contribution in [2.45, 2.75) is 6.92 Å². The van der Waals surface area contributed by atoms with E-state index < -0.39 is 0 Å². The Bertz CT molecular complexity index is 523. The molecule has 1 aromatic rings. The van der Waals surface area contributed by atoms with Crippen molar-refractivity contribution < 1.29 is 9.59 Å². The number of amides is 3. The summed E-state index contributed by atoms with van der Waals surface area (Å²) in [6, 6.07) is 4.71. The zero-order valence-corrected chi connectivity index (χ0v) is 13.2. The van der Waals surface area contributed by atoms with Gasteiger partial charge in [-0.15, -0.1) is 0 Å². The van der Waals surface area contributed by atoms with Crippen LogP contribution < -0.4 is 5.32 Å². The van der Waals surface area contributed by atoms with Gasteiger partial charge in [0.2, 0.25) is 0 Å². The van der Waals surface area contributed by atoms with Gasteiger partial charge < -0.3 is 15.1 Å². The van der Waals surface area contributed by atoms with Gasteiger partial charge in [-0.25, -0.2) is 4.79 Å². The molecular formula is C14H17Cl2N3O2. The molecule has 1 aliphatic heterocycles. The molecule has 1 aromatic carbocycles. The van der Waals surface area contributed by atoms with Crippen LogP contribution in [0, 0.1) is 0 Å². The van der Waals surface area contributed by atoms with Crippen LogP contribution in [-0.4, -0.2) is 54.5 Å². The van der Waals surface area contributed by atoms with E-state index in [1.165, 1.54) is 0 Å². The lowest BCUT2D eigenvalue weighted by Gasteiger charge is -2.34. The van der Waals surface area contributed by atoms with Crippen molar-refractivity contribution in [1.29, 1.82) is 0 Å². The Morgan fingerprint density at radius 2 is 1.57 bits per heavy atom. The van der Waals surface area contributed by atoms with Gasteiger partial charge in [-0.1, -0.05) is 23.2 Å². The van der Waals surface area contributed by atoms with Crippen LogP contribution in [0.3, 0.4) is 0 Å². The first kappa shape index (κ1) is 15.9. The van der Waals surface area contributed by atoms with Gasteiger partial charge in [0.25, 0.3) is 5.91 Å². The predicted octanol–water partition coefficient (Wildman–Crippen LogP) is 2.48. The van der Waals surface area contributed by atoms with E-state index in [9.17, 15) is 9.59 Å². The van der Waals surface area contributed by atoms with E-state index in [4.69, 9.17) is 23.2 Å². The van der Waals surface area contributed by atoms with Crippen molar-refractivity contribution in [3.05, 3.63) is 33.8 Å². The zero-order chi connectivity index (χ0) is 15.4. The lowest BCUT2D eigenvalue weighted by Crippen LogP contribution is -2.53. The number of carbonyl (C=O) groups excluding carboxylic acids is 2. The zero-order valence-electron chi connectivity index (χ0n) is 11.7. The van der Waals surface area contributed by atoms with Crippen LogP contribution >= 0.6 is 23.2 Å². The van der Waals surface area contributed by atoms with E-state index in [0.29, 0.717) is 48.3 Å². The molecule has 1 N–H and O–H groups in total. The molecule has 1 heterocycles. The highest BCUT2D eigenvalue weighted by molar-refractivity contribution is 6.35. The molecule has 1 aliphatic rings.